The third-order valence-electron chi connectivity index (χ3n) is 24.5. The predicted molar refractivity (Wildman–Crippen MR) is 511 cm³/mol. The second-order valence-electron chi connectivity index (χ2n) is 34.8. The maximum Gasteiger partial charge on any atom is 0.273 e. The minimum absolute atomic E-state index is 0.186. The van der Waals surface area contributed by atoms with Gasteiger partial charge in [-0.2, -0.15) is 0 Å². The van der Waals surface area contributed by atoms with Gasteiger partial charge in [0.2, 0.25) is 0 Å². The highest BCUT2D eigenvalue weighted by Gasteiger charge is 2.36. The molecule has 132 heavy (non-hydrogen) atoms. The van der Waals surface area contributed by atoms with Crippen molar-refractivity contribution in [2.45, 2.75) is 208 Å². The molecule has 4 amide bonds. The quantitative estimate of drug-likeness (QED) is 0.0437. The first-order valence-electron chi connectivity index (χ1n) is 47.1. The molecule has 10 aromatic rings. The van der Waals surface area contributed by atoms with Gasteiger partial charge in [0, 0.05) is 144 Å². The molecular formula is C108H116N8O16. The minimum Gasteiger partial charge on any atom is -0.493 e. The molecule has 24 rings (SSSR count). The standard InChI is InChI=1S/C108H116N8O16/c1-9-37-121-97-69-21-17-22-70(97)46-78-54-86-56-80(102(78)126-42-14-6)48-72-24-18-23-71(98(72)122-38-10-2)47-79-55-85(53-77(45-69)101(79)125-41-13-5)109-105(117)89-61-93(129-113-89)65-29-33-67(34-30-65)95-63-91(115-131-95)107(119)111-87-57-81-49-73-25-19-26-74(99(73)123-39-11-3)50-82-58-88(112-108(120)92-64-96(132-116-92)68-35-31-66(32-36-68)94-62-90(114-130-94)106(118)110-86)60-84(104(82)128-44-16-8)52-76-28-20-27-75(100(76)124-40-12-4)51-83(59-87)103(81)127-43-15-7/h17-36,53-60,93-96H,9-16,37-52,61-64H2,1-8H3,(H,109,117)(H,110,118)(H,111,119)(H,112,120). The zero-order valence-corrected chi connectivity index (χ0v) is 76.6. The average molecular weight is 1780 g/mol. The summed E-state index contributed by atoms with van der Waals surface area (Å²) in [7, 11) is 0. The number of carbonyl (C=O) groups excluding carboxylic acids is 4. The van der Waals surface area contributed by atoms with Crippen LogP contribution < -0.4 is 59.2 Å². The van der Waals surface area contributed by atoms with Crippen LogP contribution in [0.15, 0.2) is 190 Å². The minimum atomic E-state index is -0.585. The summed E-state index contributed by atoms with van der Waals surface area (Å²) in [4.78, 5) is 84.2. The van der Waals surface area contributed by atoms with Crippen LogP contribution in [-0.4, -0.2) is 99.3 Å². The first kappa shape index (κ1) is 90.3. The van der Waals surface area contributed by atoms with Crippen LogP contribution in [-0.2, 0) is 89.9 Å². The Morgan fingerprint density at radius 2 is 0.386 bits per heavy atom. The summed E-state index contributed by atoms with van der Waals surface area (Å²) in [6, 6.07) is 56.3. The number of amides is 4. The van der Waals surface area contributed by atoms with Gasteiger partial charge in [-0.15, -0.1) is 0 Å². The zero-order valence-electron chi connectivity index (χ0n) is 76.6. The monoisotopic (exact) mass is 1780 g/mol. The molecule has 0 aromatic heterocycles. The molecule has 24 heteroatoms. The molecule has 12 aliphatic heterocycles. The highest BCUT2D eigenvalue weighted by Crippen LogP contribution is 2.47. The second kappa shape index (κ2) is 42.1. The van der Waals surface area contributed by atoms with Crippen LogP contribution in [0.2, 0.25) is 0 Å². The molecule has 32 bridgehead atoms. The van der Waals surface area contributed by atoms with Gasteiger partial charge in [0.05, 0.1) is 52.9 Å². The van der Waals surface area contributed by atoms with Crippen LogP contribution in [0.4, 0.5) is 22.7 Å². The van der Waals surface area contributed by atoms with E-state index in [0.29, 0.717) is 173 Å². The van der Waals surface area contributed by atoms with Crippen LogP contribution in [0.25, 0.3) is 0 Å². The van der Waals surface area contributed by atoms with Crippen LogP contribution in [0, 0.1) is 0 Å². The Kier molecular flexibility index (Phi) is 28.8. The van der Waals surface area contributed by atoms with Crippen LogP contribution in [0.1, 0.15) is 268 Å². The number of para-hydroxylation sites is 4. The van der Waals surface area contributed by atoms with E-state index >= 15 is 0 Å². The Balaban J connectivity index is 0.738. The average Bonchev–Trinajstić information content (AvgIpc) is 1.77. The Bertz CT molecular complexity index is 5170. The van der Waals surface area contributed by atoms with Crippen molar-refractivity contribution >= 4 is 69.2 Å². The molecule has 4 atom stereocenters. The molecule has 10 aromatic carbocycles. The van der Waals surface area contributed by atoms with E-state index in [1.165, 1.54) is 0 Å². The number of rotatable bonds is 24. The van der Waals surface area contributed by atoms with Gasteiger partial charge in [0.1, 0.15) is 68.8 Å². The normalized spacial score (nSPS) is 17.3. The van der Waals surface area contributed by atoms with Gasteiger partial charge in [0.15, 0.2) is 24.4 Å². The third-order valence-corrected chi connectivity index (χ3v) is 24.5. The van der Waals surface area contributed by atoms with Crippen LogP contribution in [0.5, 0.6) is 46.0 Å². The van der Waals surface area contributed by atoms with Crippen molar-refractivity contribution in [3.8, 4) is 46.0 Å². The lowest BCUT2D eigenvalue weighted by Gasteiger charge is -2.24. The molecule has 0 saturated carbocycles. The van der Waals surface area contributed by atoms with E-state index in [2.05, 4.69) is 146 Å². The molecule has 2 aliphatic carbocycles. The fourth-order valence-corrected chi connectivity index (χ4v) is 18.2. The topological polar surface area (TPSA) is 277 Å². The highest BCUT2D eigenvalue weighted by atomic mass is 16.7. The first-order chi connectivity index (χ1) is 64.6. The van der Waals surface area contributed by atoms with Gasteiger partial charge >= 0.3 is 0 Å². The predicted octanol–water partition coefficient (Wildman–Crippen LogP) is 21.5. The number of benzene rings is 10. The number of ether oxygens (including phenoxy) is 8. The lowest BCUT2D eigenvalue weighted by molar-refractivity contribution is -0.111. The number of hydrogen-bond donors (Lipinski definition) is 4. The van der Waals surface area contributed by atoms with Crippen molar-refractivity contribution < 1.29 is 76.4 Å². The number of hydrogen-bond acceptors (Lipinski definition) is 20. The Hall–Kier alpha value is -13.6. The molecule has 4 unspecified atom stereocenters. The summed E-state index contributed by atoms with van der Waals surface area (Å²) in [5.41, 5.74) is 20.1. The maximum absolute atomic E-state index is 14.9. The fourth-order valence-electron chi connectivity index (χ4n) is 18.2. The van der Waals surface area contributed by atoms with Gasteiger partial charge < -0.3 is 78.5 Å². The molecule has 24 nitrogen and oxygen atoms in total. The Labute approximate surface area is 771 Å². The van der Waals surface area contributed by atoms with Crippen LogP contribution in [0.3, 0.4) is 0 Å². The van der Waals surface area contributed by atoms with Crippen molar-refractivity contribution in [3.05, 3.63) is 281 Å². The number of nitrogens with zero attached hydrogens (tertiary/aromatic N) is 4. The van der Waals surface area contributed by atoms with E-state index in [0.717, 1.165) is 163 Å². The smallest absolute Gasteiger partial charge is 0.273 e. The number of oxime groups is 4. The molecule has 0 saturated heterocycles. The highest BCUT2D eigenvalue weighted by molar-refractivity contribution is 6.45. The van der Waals surface area contributed by atoms with Crippen LogP contribution >= 0.6 is 0 Å². The summed E-state index contributed by atoms with van der Waals surface area (Å²) < 4.78 is 55.3. The molecular weight excluding hydrogens is 1670 g/mol. The van der Waals surface area contributed by atoms with E-state index in [-0.39, 0.29) is 48.5 Å². The molecule has 684 valence electrons. The lowest BCUT2D eigenvalue weighted by atomic mass is 9.90. The molecule has 14 aliphatic rings. The number of nitrogens with one attached hydrogen (secondary N) is 4. The summed E-state index contributed by atoms with van der Waals surface area (Å²) >= 11 is 0. The van der Waals surface area contributed by atoms with Gasteiger partial charge in [-0.05, 0) is 167 Å². The van der Waals surface area contributed by atoms with Crippen molar-refractivity contribution in [2.75, 3.05) is 74.1 Å². The molecule has 4 N–H and O–H groups in total. The van der Waals surface area contributed by atoms with E-state index in [9.17, 15) is 19.2 Å². The Morgan fingerprint density at radius 3 is 0.538 bits per heavy atom. The largest absolute Gasteiger partial charge is 0.493 e. The van der Waals surface area contributed by atoms with E-state index in [4.69, 9.17) is 57.2 Å². The summed E-state index contributed by atoms with van der Waals surface area (Å²) in [6.07, 6.45) is 7.21. The van der Waals surface area contributed by atoms with E-state index in [1.807, 2.05) is 121 Å². The summed E-state index contributed by atoms with van der Waals surface area (Å²) in [6.45, 7) is 20.2. The first-order valence-corrected chi connectivity index (χ1v) is 47.1. The van der Waals surface area contributed by atoms with E-state index in [1.54, 1.807) is 0 Å². The van der Waals surface area contributed by atoms with Gasteiger partial charge in [-0.3, -0.25) is 19.2 Å². The molecule has 0 radical (unpaired) electrons. The van der Waals surface area contributed by atoms with Gasteiger partial charge in [-0.25, -0.2) is 0 Å². The maximum atomic E-state index is 14.9. The number of carbonyl (C=O) groups is 4. The molecule has 0 spiro atoms. The van der Waals surface area contributed by atoms with Gasteiger partial charge in [-0.1, -0.05) is 197 Å². The fraction of sp³-hybridized carbons (Fsp3) is 0.370. The SMILES string of the molecule is CCCOc1c2cccc1Cc1cc3cc(c1OCCC)Cc1cccc(c1OCCC)Cc1cc(cc(c1OCCC)C2)NC(=O)C1=NOC(C1)c1ccc(cc1)C1CC(=NO1)C(=O)Nc1cc2c(OCCC)c(c1)Cc1cccc(c1OCCC)Cc1cc(cc(c1OCCC)Cc1cccc(c1OCCC)C2)NC(=O)C1=NOC(C1)c1ccc(cc1)C1CC(=NO1)C(=O)N3. The van der Waals surface area contributed by atoms with Crippen molar-refractivity contribution in [3.63, 3.8) is 0 Å². The van der Waals surface area contributed by atoms with Crippen molar-refractivity contribution in [1.29, 1.82) is 0 Å². The lowest BCUT2D eigenvalue weighted by Crippen LogP contribution is -2.22. The molecule has 12 heterocycles. The summed E-state index contributed by atoms with van der Waals surface area (Å²) in [5.74, 6) is 4.01. The Morgan fingerprint density at radius 1 is 0.235 bits per heavy atom. The van der Waals surface area contributed by atoms with Crippen molar-refractivity contribution in [1.82, 2.24) is 0 Å². The molecule has 0 fully saturated rings. The summed E-state index contributed by atoms with van der Waals surface area (Å²) in [5, 5.41) is 30.8. The second-order valence-corrected chi connectivity index (χ2v) is 34.8. The van der Waals surface area contributed by atoms with Crippen molar-refractivity contribution in [2.24, 2.45) is 20.6 Å². The third kappa shape index (κ3) is 20.6. The van der Waals surface area contributed by atoms with Gasteiger partial charge in [0.25, 0.3) is 23.6 Å². The number of anilines is 4. The zero-order chi connectivity index (χ0) is 91.1. The van der Waals surface area contributed by atoms with E-state index < -0.39 is 48.0 Å².